The van der Waals surface area contributed by atoms with Crippen molar-refractivity contribution in [1.82, 2.24) is 15.5 Å². The maximum absolute atomic E-state index is 11.6. The Hall–Kier alpha value is -2.04. The molecule has 1 rings (SSSR count). The van der Waals surface area contributed by atoms with Crippen molar-refractivity contribution in [3.05, 3.63) is 35.4 Å². The highest BCUT2D eigenvalue weighted by Gasteiger charge is 2.07. The quantitative estimate of drug-likeness (QED) is 0.437. The van der Waals surface area contributed by atoms with Crippen molar-refractivity contribution in [2.24, 2.45) is 10.9 Å². The number of carbonyl (C=O) groups excluding carboxylic acids is 1. The topological polar surface area (TPSA) is 56.7 Å². The fourth-order valence-corrected chi connectivity index (χ4v) is 2.24. The molecule has 0 fully saturated rings. The highest BCUT2D eigenvalue weighted by atomic mass is 16.1. The summed E-state index contributed by atoms with van der Waals surface area (Å²) in [5, 5.41) is 6.19. The van der Waals surface area contributed by atoms with E-state index in [-0.39, 0.29) is 11.8 Å². The number of hydrogen-bond acceptors (Lipinski definition) is 2. The first-order valence-corrected chi connectivity index (χ1v) is 8.82. The second kappa shape index (κ2) is 10.7. The minimum atomic E-state index is 0.0102. The van der Waals surface area contributed by atoms with Crippen molar-refractivity contribution in [3.63, 3.8) is 0 Å². The van der Waals surface area contributed by atoms with Crippen molar-refractivity contribution in [2.75, 3.05) is 26.7 Å². The Labute approximate surface area is 146 Å². The van der Waals surface area contributed by atoms with Crippen LogP contribution in [0.3, 0.4) is 0 Å². The van der Waals surface area contributed by atoms with E-state index in [1.165, 1.54) is 11.1 Å². The van der Waals surface area contributed by atoms with Gasteiger partial charge in [-0.1, -0.05) is 45.0 Å². The molecule has 0 spiro atoms. The Kier molecular flexibility index (Phi) is 8.90. The van der Waals surface area contributed by atoms with Gasteiger partial charge in [-0.2, -0.15) is 0 Å². The van der Waals surface area contributed by atoms with Gasteiger partial charge in [0, 0.05) is 32.6 Å². The third kappa shape index (κ3) is 7.02. The second-order valence-corrected chi connectivity index (χ2v) is 6.21. The number of nitrogens with one attached hydrogen (secondary N) is 2. The number of amides is 1. The molecule has 1 aromatic rings. The first kappa shape index (κ1) is 20.0. The molecule has 0 aromatic heterocycles. The summed E-state index contributed by atoms with van der Waals surface area (Å²) in [7, 11) is 2.03. The zero-order valence-electron chi connectivity index (χ0n) is 15.7. The fourth-order valence-electron chi connectivity index (χ4n) is 2.24. The minimum Gasteiger partial charge on any atom is -0.357 e. The normalized spacial score (nSPS) is 11.5. The van der Waals surface area contributed by atoms with Crippen LogP contribution in [0.5, 0.6) is 0 Å². The molecule has 0 heterocycles. The van der Waals surface area contributed by atoms with Crippen LogP contribution in [-0.4, -0.2) is 43.4 Å². The van der Waals surface area contributed by atoms with E-state index in [9.17, 15) is 4.79 Å². The molecule has 24 heavy (non-hydrogen) atoms. The Morgan fingerprint density at radius 1 is 1.12 bits per heavy atom. The van der Waals surface area contributed by atoms with Crippen LogP contribution < -0.4 is 10.6 Å². The van der Waals surface area contributed by atoms with Crippen LogP contribution in [0.1, 0.15) is 38.8 Å². The summed E-state index contributed by atoms with van der Waals surface area (Å²) >= 11 is 0. The lowest BCUT2D eigenvalue weighted by Gasteiger charge is -2.22. The summed E-state index contributed by atoms with van der Waals surface area (Å²) in [6.45, 7) is 10.7. The molecular formula is C19H32N4O. The number of aliphatic imine (C=N–C) groups is 1. The SMILES string of the molecule is CCNC(=NCCNC(=O)C(C)C)N(C)Cc1ccc(CC)cc1. The minimum absolute atomic E-state index is 0.0102. The zero-order chi connectivity index (χ0) is 17.9. The number of nitrogens with zero attached hydrogens (tertiary/aromatic N) is 2. The lowest BCUT2D eigenvalue weighted by atomic mass is 10.1. The van der Waals surface area contributed by atoms with Crippen LogP contribution in [0.15, 0.2) is 29.3 Å². The standard InChI is InChI=1S/C19H32N4O/c1-6-16-8-10-17(11-9-16)14-23(5)19(20-7-2)22-13-12-21-18(24)15(3)4/h8-11,15H,6-7,12-14H2,1-5H3,(H,20,22)(H,21,24). The van der Waals surface area contributed by atoms with E-state index in [0.717, 1.165) is 25.5 Å². The van der Waals surface area contributed by atoms with Crippen LogP contribution in [0.2, 0.25) is 0 Å². The van der Waals surface area contributed by atoms with Gasteiger partial charge in [0.1, 0.15) is 0 Å². The molecule has 0 bridgehead atoms. The fraction of sp³-hybridized carbons (Fsp3) is 0.579. The molecule has 5 nitrogen and oxygen atoms in total. The zero-order valence-corrected chi connectivity index (χ0v) is 15.7. The smallest absolute Gasteiger partial charge is 0.222 e. The maximum atomic E-state index is 11.6. The van der Waals surface area contributed by atoms with Crippen LogP contribution >= 0.6 is 0 Å². The highest BCUT2D eigenvalue weighted by Crippen LogP contribution is 2.07. The predicted molar refractivity (Wildman–Crippen MR) is 101 cm³/mol. The van der Waals surface area contributed by atoms with Crippen molar-refractivity contribution in [3.8, 4) is 0 Å². The summed E-state index contributed by atoms with van der Waals surface area (Å²) < 4.78 is 0. The van der Waals surface area contributed by atoms with Crippen molar-refractivity contribution >= 4 is 11.9 Å². The van der Waals surface area contributed by atoms with Crippen molar-refractivity contribution < 1.29 is 4.79 Å². The van der Waals surface area contributed by atoms with Gasteiger partial charge in [0.05, 0.1) is 6.54 Å². The molecule has 5 heteroatoms. The molecule has 0 unspecified atom stereocenters. The third-order valence-electron chi connectivity index (χ3n) is 3.74. The number of aryl methyl sites for hydroxylation is 1. The summed E-state index contributed by atoms with van der Waals surface area (Å²) in [6, 6.07) is 8.69. The van der Waals surface area contributed by atoms with E-state index in [0.29, 0.717) is 13.1 Å². The highest BCUT2D eigenvalue weighted by molar-refractivity contribution is 5.80. The molecule has 1 aromatic carbocycles. The monoisotopic (exact) mass is 332 g/mol. The molecule has 0 aliphatic carbocycles. The van der Waals surface area contributed by atoms with E-state index >= 15 is 0 Å². The van der Waals surface area contributed by atoms with Crippen molar-refractivity contribution in [1.29, 1.82) is 0 Å². The average molecular weight is 332 g/mol. The largest absolute Gasteiger partial charge is 0.357 e. The molecule has 2 N–H and O–H groups in total. The van der Waals surface area contributed by atoms with E-state index < -0.39 is 0 Å². The molecule has 134 valence electrons. The van der Waals surface area contributed by atoms with Crippen LogP contribution in [0.4, 0.5) is 0 Å². The third-order valence-corrected chi connectivity index (χ3v) is 3.74. The molecule has 0 atom stereocenters. The maximum Gasteiger partial charge on any atom is 0.222 e. The Morgan fingerprint density at radius 2 is 1.75 bits per heavy atom. The Morgan fingerprint density at radius 3 is 2.29 bits per heavy atom. The molecule has 0 saturated heterocycles. The average Bonchev–Trinajstić information content (AvgIpc) is 2.57. The first-order valence-electron chi connectivity index (χ1n) is 8.82. The predicted octanol–water partition coefficient (Wildman–Crippen LogP) is 2.42. The molecule has 0 radical (unpaired) electrons. The van der Waals surface area contributed by atoms with Gasteiger partial charge >= 0.3 is 0 Å². The second-order valence-electron chi connectivity index (χ2n) is 6.21. The number of benzene rings is 1. The van der Waals surface area contributed by atoms with E-state index in [1.54, 1.807) is 0 Å². The molecule has 1 amide bonds. The van der Waals surface area contributed by atoms with Gasteiger partial charge in [-0.15, -0.1) is 0 Å². The Bertz CT molecular complexity index is 523. The van der Waals surface area contributed by atoms with Gasteiger partial charge in [0.2, 0.25) is 5.91 Å². The van der Waals surface area contributed by atoms with Gasteiger partial charge in [-0.25, -0.2) is 0 Å². The number of carbonyl (C=O) groups is 1. The summed E-state index contributed by atoms with van der Waals surface area (Å²) in [4.78, 5) is 18.3. The first-order chi connectivity index (χ1) is 11.5. The van der Waals surface area contributed by atoms with Crippen molar-refractivity contribution in [2.45, 2.75) is 40.7 Å². The number of rotatable bonds is 8. The van der Waals surface area contributed by atoms with E-state index in [4.69, 9.17) is 0 Å². The lowest BCUT2D eigenvalue weighted by Crippen LogP contribution is -2.39. The molecule has 0 aliphatic heterocycles. The van der Waals surface area contributed by atoms with Gasteiger partial charge in [0.15, 0.2) is 5.96 Å². The number of hydrogen-bond donors (Lipinski definition) is 2. The molecule has 0 aliphatic rings. The van der Waals surface area contributed by atoms with Crippen LogP contribution in [0.25, 0.3) is 0 Å². The lowest BCUT2D eigenvalue weighted by molar-refractivity contribution is -0.123. The van der Waals surface area contributed by atoms with Gasteiger partial charge < -0.3 is 15.5 Å². The molecular weight excluding hydrogens is 300 g/mol. The van der Waals surface area contributed by atoms with E-state index in [1.807, 2.05) is 20.9 Å². The van der Waals surface area contributed by atoms with Gasteiger partial charge in [0.25, 0.3) is 0 Å². The van der Waals surface area contributed by atoms with Gasteiger partial charge in [-0.3, -0.25) is 9.79 Å². The summed E-state index contributed by atoms with van der Waals surface area (Å²) in [6.07, 6.45) is 1.06. The summed E-state index contributed by atoms with van der Waals surface area (Å²) in [5.74, 6) is 0.936. The summed E-state index contributed by atoms with van der Waals surface area (Å²) in [5.41, 5.74) is 2.61. The van der Waals surface area contributed by atoms with Crippen LogP contribution in [-0.2, 0) is 17.8 Å². The number of guanidine groups is 1. The molecule has 0 saturated carbocycles. The van der Waals surface area contributed by atoms with Crippen LogP contribution in [0, 0.1) is 5.92 Å². The van der Waals surface area contributed by atoms with E-state index in [2.05, 4.69) is 58.6 Å². The van der Waals surface area contributed by atoms with Gasteiger partial charge in [-0.05, 0) is 24.5 Å². The Balaban J connectivity index is 2.57.